The van der Waals surface area contributed by atoms with Gasteiger partial charge in [0.25, 0.3) is 0 Å². The summed E-state index contributed by atoms with van der Waals surface area (Å²) < 4.78 is 5.23. The number of likely N-dealkylation sites (N-methyl/N-ethyl adjacent to an activating group) is 1. The van der Waals surface area contributed by atoms with Gasteiger partial charge in [-0.05, 0) is 32.2 Å². The van der Waals surface area contributed by atoms with Gasteiger partial charge in [-0.25, -0.2) is 0 Å². The lowest BCUT2D eigenvalue weighted by atomic mass is 9.78. The average Bonchev–Trinajstić information content (AvgIpc) is 2.15. The summed E-state index contributed by atoms with van der Waals surface area (Å²) in [5.74, 6) is 0.828. The molecule has 1 fully saturated rings. The van der Waals surface area contributed by atoms with Crippen molar-refractivity contribution in [1.29, 1.82) is 0 Å². The normalized spacial score (nSPS) is 21.4. The molecule has 3 nitrogen and oxygen atoms in total. The highest BCUT2D eigenvalue weighted by Crippen LogP contribution is 2.32. The summed E-state index contributed by atoms with van der Waals surface area (Å²) in [7, 11) is 1.77. The molecule has 2 N–H and O–H groups in total. The summed E-state index contributed by atoms with van der Waals surface area (Å²) in [5, 5.41) is 0. The molecule has 15 heavy (non-hydrogen) atoms. The van der Waals surface area contributed by atoms with Crippen molar-refractivity contribution in [2.24, 2.45) is 11.7 Å². The number of hydrogen-bond acceptors (Lipinski definition) is 3. The van der Waals surface area contributed by atoms with Gasteiger partial charge in [0.1, 0.15) is 0 Å². The van der Waals surface area contributed by atoms with Crippen molar-refractivity contribution in [3.05, 3.63) is 0 Å². The Hall–Kier alpha value is -0.120. The van der Waals surface area contributed by atoms with E-state index in [0.29, 0.717) is 12.1 Å². The van der Waals surface area contributed by atoms with Gasteiger partial charge in [-0.3, -0.25) is 4.90 Å². The van der Waals surface area contributed by atoms with E-state index in [4.69, 9.17) is 10.5 Å². The highest BCUT2D eigenvalue weighted by molar-refractivity contribution is 4.87. The van der Waals surface area contributed by atoms with E-state index in [1.54, 1.807) is 7.11 Å². The molecular formula is C12H26N2O. The van der Waals surface area contributed by atoms with Crippen LogP contribution in [0.3, 0.4) is 0 Å². The third-order valence-electron chi connectivity index (χ3n) is 3.70. The van der Waals surface area contributed by atoms with E-state index in [1.807, 2.05) is 0 Å². The van der Waals surface area contributed by atoms with Crippen LogP contribution in [0.1, 0.15) is 33.1 Å². The van der Waals surface area contributed by atoms with Crippen LogP contribution in [0.15, 0.2) is 0 Å². The Morgan fingerprint density at radius 2 is 2.13 bits per heavy atom. The van der Waals surface area contributed by atoms with Crippen LogP contribution in [0.2, 0.25) is 0 Å². The van der Waals surface area contributed by atoms with Gasteiger partial charge in [0, 0.05) is 25.7 Å². The second kappa shape index (κ2) is 6.46. The molecule has 0 aromatic rings. The lowest BCUT2D eigenvalue weighted by molar-refractivity contribution is 0.0350. The number of nitrogens with two attached hydrogens (primary N) is 1. The van der Waals surface area contributed by atoms with Crippen LogP contribution in [0, 0.1) is 5.92 Å². The Morgan fingerprint density at radius 3 is 2.47 bits per heavy atom. The molecule has 0 saturated heterocycles. The fourth-order valence-electron chi connectivity index (χ4n) is 2.63. The van der Waals surface area contributed by atoms with Crippen LogP contribution in [-0.2, 0) is 4.74 Å². The molecule has 0 aliphatic heterocycles. The molecule has 0 aromatic heterocycles. The number of nitrogens with zero attached hydrogens (tertiary/aromatic N) is 1. The van der Waals surface area contributed by atoms with Crippen LogP contribution in [-0.4, -0.2) is 43.8 Å². The minimum atomic E-state index is 0.481. The van der Waals surface area contributed by atoms with E-state index in [-0.39, 0.29) is 0 Å². The number of methoxy groups -OCH3 is 1. The molecule has 0 amide bonds. The van der Waals surface area contributed by atoms with E-state index >= 15 is 0 Å². The summed E-state index contributed by atoms with van der Waals surface area (Å²) >= 11 is 0. The second-order valence-electron chi connectivity index (χ2n) is 4.63. The van der Waals surface area contributed by atoms with Crippen LogP contribution in [0.4, 0.5) is 0 Å². The largest absolute Gasteiger partial charge is 0.383 e. The van der Waals surface area contributed by atoms with Gasteiger partial charge in [0.2, 0.25) is 0 Å². The predicted molar refractivity (Wildman–Crippen MR) is 63.9 cm³/mol. The van der Waals surface area contributed by atoms with Gasteiger partial charge in [0.15, 0.2) is 0 Å². The smallest absolute Gasteiger partial charge is 0.0615 e. The molecule has 0 bridgehead atoms. The molecular weight excluding hydrogens is 188 g/mol. The van der Waals surface area contributed by atoms with E-state index in [2.05, 4.69) is 18.7 Å². The minimum absolute atomic E-state index is 0.481. The molecule has 0 heterocycles. The van der Waals surface area contributed by atoms with Crippen LogP contribution >= 0.6 is 0 Å². The average molecular weight is 214 g/mol. The van der Waals surface area contributed by atoms with E-state index < -0.39 is 0 Å². The highest BCUT2D eigenvalue weighted by Gasteiger charge is 2.32. The summed E-state index contributed by atoms with van der Waals surface area (Å²) in [6.45, 7) is 7.11. The van der Waals surface area contributed by atoms with Gasteiger partial charge in [-0.1, -0.05) is 13.3 Å². The molecule has 90 valence electrons. The van der Waals surface area contributed by atoms with E-state index in [1.165, 1.54) is 19.3 Å². The van der Waals surface area contributed by atoms with Gasteiger partial charge >= 0.3 is 0 Å². The second-order valence-corrected chi connectivity index (χ2v) is 4.63. The van der Waals surface area contributed by atoms with Crippen molar-refractivity contribution < 1.29 is 4.74 Å². The fourth-order valence-corrected chi connectivity index (χ4v) is 2.63. The summed E-state index contributed by atoms with van der Waals surface area (Å²) in [6.07, 6.45) is 4.10. The van der Waals surface area contributed by atoms with E-state index in [9.17, 15) is 0 Å². The molecule has 1 aliphatic rings. The molecule has 0 radical (unpaired) electrons. The van der Waals surface area contributed by atoms with Gasteiger partial charge < -0.3 is 10.5 Å². The first-order chi connectivity index (χ1) is 7.24. The Labute approximate surface area is 94.0 Å². The third kappa shape index (κ3) is 3.16. The van der Waals surface area contributed by atoms with E-state index in [0.717, 1.165) is 25.6 Å². The molecule has 0 aromatic carbocycles. The molecule has 2 unspecified atom stereocenters. The van der Waals surface area contributed by atoms with Crippen molar-refractivity contribution in [2.45, 2.75) is 45.2 Å². The first-order valence-corrected chi connectivity index (χ1v) is 6.19. The van der Waals surface area contributed by atoms with Crippen molar-refractivity contribution in [1.82, 2.24) is 4.90 Å². The fraction of sp³-hybridized carbons (Fsp3) is 1.00. The Bertz CT molecular complexity index is 171. The number of rotatable bonds is 7. The lowest BCUT2D eigenvalue weighted by Crippen LogP contribution is -2.52. The Kier molecular flexibility index (Phi) is 5.58. The lowest BCUT2D eigenvalue weighted by Gasteiger charge is -2.43. The summed E-state index contributed by atoms with van der Waals surface area (Å²) in [5.41, 5.74) is 5.91. The first kappa shape index (κ1) is 12.9. The quantitative estimate of drug-likeness (QED) is 0.697. The minimum Gasteiger partial charge on any atom is -0.383 e. The van der Waals surface area contributed by atoms with Crippen molar-refractivity contribution in [2.75, 3.05) is 26.8 Å². The topological polar surface area (TPSA) is 38.5 Å². The standard InChI is InChI=1S/C12H26N2O/c1-4-14(10(2)9-15-3)12(8-13)11-6-5-7-11/h10-12H,4-9,13H2,1-3H3. The van der Waals surface area contributed by atoms with Crippen molar-refractivity contribution in [3.8, 4) is 0 Å². The maximum atomic E-state index is 5.91. The first-order valence-electron chi connectivity index (χ1n) is 6.19. The molecule has 0 spiro atoms. The molecule has 3 heteroatoms. The van der Waals surface area contributed by atoms with Gasteiger partial charge in [0.05, 0.1) is 6.61 Å². The Morgan fingerprint density at radius 1 is 1.47 bits per heavy atom. The van der Waals surface area contributed by atoms with Gasteiger partial charge in [-0.15, -0.1) is 0 Å². The molecule has 1 aliphatic carbocycles. The van der Waals surface area contributed by atoms with Crippen LogP contribution < -0.4 is 5.73 Å². The third-order valence-corrected chi connectivity index (χ3v) is 3.70. The zero-order valence-electron chi connectivity index (χ0n) is 10.4. The Balaban J connectivity index is 2.52. The summed E-state index contributed by atoms with van der Waals surface area (Å²) in [6, 6.07) is 1.04. The van der Waals surface area contributed by atoms with Crippen LogP contribution in [0.25, 0.3) is 0 Å². The monoisotopic (exact) mass is 214 g/mol. The van der Waals surface area contributed by atoms with Crippen LogP contribution in [0.5, 0.6) is 0 Å². The SMILES string of the molecule is CCN(C(C)COC)C(CN)C1CCC1. The number of ether oxygens (including phenoxy) is 1. The van der Waals surface area contributed by atoms with Gasteiger partial charge in [-0.2, -0.15) is 0 Å². The molecule has 2 atom stereocenters. The molecule has 1 rings (SSSR count). The zero-order chi connectivity index (χ0) is 11.3. The molecule has 1 saturated carbocycles. The maximum Gasteiger partial charge on any atom is 0.0615 e. The highest BCUT2D eigenvalue weighted by atomic mass is 16.5. The predicted octanol–water partition coefficient (Wildman–Crippen LogP) is 1.47. The van der Waals surface area contributed by atoms with Crippen molar-refractivity contribution >= 4 is 0 Å². The van der Waals surface area contributed by atoms with Crippen molar-refractivity contribution in [3.63, 3.8) is 0 Å². The summed E-state index contributed by atoms with van der Waals surface area (Å²) in [4.78, 5) is 2.51. The zero-order valence-corrected chi connectivity index (χ0v) is 10.4. The number of hydrogen-bond donors (Lipinski definition) is 1. The maximum absolute atomic E-state index is 5.91.